The van der Waals surface area contributed by atoms with E-state index in [4.69, 9.17) is 0 Å². The van der Waals surface area contributed by atoms with Crippen molar-refractivity contribution in [2.24, 2.45) is 0 Å². The highest BCUT2D eigenvalue weighted by molar-refractivity contribution is 7.85. The van der Waals surface area contributed by atoms with Gasteiger partial charge in [0.25, 0.3) is 0 Å². The molecule has 0 saturated heterocycles. The Morgan fingerprint density at radius 1 is 0.812 bits per heavy atom. The van der Waals surface area contributed by atoms with E-state index in [0.29, 0.717) is 0 Å². The van der Waals surface area contributed by atoms with Gasteiger partial charge in [-0.1, -0.05) is 13.8 Å². The van der Waals surface area contributed by atoms with Crippen molar-refractivity contribution < 1.29 is 25.2 Å². The van der Waals surface area contributed by atoms with E-state index in [0.717, 1.165) is 0 Å². The van der Waals surface area contributed by atoms with E-state index in [1.54, 1.807) is 13.8 Å². The number of hydrogen-bond acceptors (Lipinski definition) is 6. The Hall–Kier alpha value is -0.260. The van der Waals surface area contributed by atoms with Crippen molar-refractivity contribution in [3.63, 3.8) is 0 Å². The minimum atomic E-state index is -3.81. The average molecular weight is 276 g/mol. The van der Waals surface area contributed by atoms with Gasteiger partial charge in [0, 0.05) is 13.1 Å². The lowest BCUT2D eigenvalue weighted by atomic mass is 10.8. The zero-order chi connectivity index (χ0) is 12.7. The molecule has 0 amide bonds. The number of hydrogen-bond donors (Lipinski definition) is 2. The largest absolute Gasteiger partial charge is 0.335 e. The quantitative estimate of drug-likeness (QED) is 0.508. The average Bonchev–Trinajstić information content (AvgIpc) is 2.12. The van der Waals surface area contributed by atoms with E-state index >= 15 is 0 Å². The molecule has 0 aromatic carbocycles. The maximum Gasteiger partial charge on any atom is 0.335 e. The van der Waals surface area contributed by atoms with Gasteiger partial charge in [-0.3, -0.25) is 8.37 Å². The maximum absolute atomic E-state index is 10.9. The van der Waals surface area contributed by atoms with Crippen molar-refractivity contribution in [1.29, 1.82) is 0 Å². The van der Waals surface area contributed by atoms with E-state index in [-0.39, 0.29) is 26.3 Å². The van der Waals surface area contributed by atoms with Gasteiger partial charge in [-0.15, -0.1) is 0 Å². The van der Waals surface area contributed by atoms with E-state index in [1.165, 1.54) is 0 Å². The van der Waals surface area contributed by atoms with Crippen LogP contribution in [0.5, 0.6) is 0 Å². The molecule has 8 nitrogen and oxygen atoms in total. The van der Waals surface area contributed by atoms with Crippen LogP contribution in [0.25, 0.3) is 0 Å². The van der Waals surface area contributed by atoms with Crippen LogP contribution in [0, 0.1) is 0 Å². The zero-order valence-electron chi connectivity index (χ0n) is 9.09. The predicted octanol–water partition coefficient (Wildman–Crippen LogP) is -1.27. The zero-order valence-corrected chi connectivity index (χ0v) is 10.7. The fourth-order valence-corrected chi connectivity index (χ4v) is 2.17. The molecular formula is C6H16N2O6S2. The molecule has 0 aromatic rings. The van der Waals surface area contributed by atoms with Crippen molar-refractivity contribution in [2.75, 3.05) is 26.3 Å². The summed E-state index contributed by atoms with van der Waals surface area (Å²) in [5.41, 5.74) is 0. The predicted molar refractivity (Wildman–Crippen MR) is 57.1 cm³/mol. The summed E-state index contributed by atoms with van der Waals surface area (Å²) < 4.78 is 56.6. The fourth-order valence-electron chi connectivity index (χ4n) is 0.724. The molecule has 0 aliphatic carbocycles. The molecule has 0 saturated carbocycles. The third kappa shape index (κ3) is 7.96. The highest BCUT2D eigenvalue weighted by atomic mass is 32.2. The van der Waals surface area contributed by atoms with Gasteiger partial charge >= 0.3 is 20.6 Å². The Bertz CT molecular complexity index is 338. The van der Waals surface area contributed by atoms with Crippen LogP contribution >= 0.6 is 0 Å². The second-order valence-corrected chi connectivity index (χ2v) is 5.41. The number of nitrogens with one attached hydrogen (secondary N) is 2. The molecule has 0 aliphatic heterocycles. The molecular weight excluding hydrogens is 260 g/mol. The SMILES string of the molecule is CCNS(=O)(=O)OCCOS(=O)(=O)NCC. The Kier molecular flexibility index (Phi) is 7.03. The van der Waals surface area contributed by atoms with E-state index in [9.17, 15) is 16.8 Å². The highest BCUT2D eigenvalue weighted by Crippen LogP contribution is 1.91. The van der Waals surface area contributed by atoms with Crippen LogP contribution in [0.2, 0.25) is 0 Å². The first-order valence-electron chi connectivity index (χ1n) is 4.61. The molecule has 0 atom stereocenters. The molecule has 98 valence electrons. The monoisotopic (exact) mass is 276 g/mol. The molecule has 0 bridgehead atoms. The molecule has 0 spiro atoms. The van der Waals surface area contributed by atoms with Gasteiger partial charge in [0.05, 0.1) is 13.2 Å². The van der Waals surface area contributed by atoms with Crippen LogP contribution in [-0.2, 0) is 29.0 Å². The van der Waals surface area contributed by atoms with E-state index in [2.05, 4.69) is 17.8 Å². The summed E-state index contributed by atoms with van der Waals surface area (Å²) in [6.45, 7) is 2.82. The first kappa shape index (κ1) is 15.7. The van der Waals surface area contributed by atoms with Gasteiger partial charge in [0.2, 0.25) is 0 Å². The third-order valence-corrected chi connectivity index (χ3v) is 3.44. The summed E-state index contributed by atoms with van der Waals surface area (Å²) in [5.74, 6) is 0. The lowest BCUT2D eigenvalue weighted by molar-refractivity contribution is 0.220. The third-order valence-electron chi connectivity index (χ3n) is 1.20. The summed E-state index contributed by atoms with van der Waals surface area (Å²) in [6.07, 6.45) is 0. The highest BCUT2D eigenvalue weighted by Gasteiger charge is 2.11. The van der Waals surface area contributed by atoms with Crippen molar-refractivity contribution in [2.45, 2.75) is 13.8 Å². The molecule has 2 N–H and O–H groups in total. The minimum absolute atomic E-state index is 0.193. The maximum atomic E-state index is 10.9. The first-order chi connectivity index (χ1) is 7.33. The van der Waals surface area contributed by atoms with Crippen molar-refractivity contribution in [3.8, 4) is 0 Å². The summed E-state index contributed by atoms with van der Waals surface area (Å²) in [4.78, 5) is 0. The van der Waals surface area contributed by atoms with Gasteiger partial charge in [-0.25, -0.2) is 0 Å². The van der Waals surface area contributed by atoms with Crippen LogP contribution in [0.4, 0.5) is 0 Å². The second-order valence-electron chi connectivity index (χ2n) is 2.55. The Balaban J connectivity index is 3.85. The van der Waals surface area contributed by atoms with E-state index in [1.807, 2.05) is 0 Å². The fraction of sp³-hybridized carbons (Fsp3) is 1.00. The number of rotatable bonds is 9. The standard InChI is InChI=1S/C6H16N2O6S2/c1-3-7-15(9,10)13-5-6-14-16(11,12)8-4-2/h7-8H,3-6H2,1-2H3. The van der Waals surface area contributed by atoms with E-state index < -0.39 is 20.6 Å². The van der Waals surface area contributed by atoms with Crippen molar-refractivity contribution in [1.82, 2.24) is 9.44 Å². The smallest absolute Gasteiger partial charge is 0.256 e. The molecule has 0 aromatic heterocycles. The van der Waals surface area contributed by atoms with Crippen molar-refractivity contribution >= 4 is 20.6 Å². The van der Waals surface area contributed by atoms with Gasteiger partial charge in [0.1, 0.15) is 0 Å². The molecule has 0 radical (unpaired) electrons. The van der Waals surface area contributed by atoms with Crippen LogP contribution in [0.1, 0.15) is 13.8 Å². The topological polar surface area (TPSA) is 111 Å². The molecule has 0 fully saturated rings. The lowest BCUT2D eigenvalue weighted by Gasteiger charge is -2.06. The van der Waals surface area contributed by atoms with Crippen LogP contribution in [-0.4, -0.2) is 43.1 Å². The van der Waals surface area contributed by atoms with Gasteiger partial charge < -0.3 is 0 Å². The van der Waals surface area contributed by atoms with Crippen molar-refractivity contribution in [3.05, 3.63) is 0 Å². The van der Waals surface area contributed by atoms with Crippen LogP contribution in [0.15, 0.2) is 0 Å². The Morgan fingerprint density at radius 2 is 1.12 bits per heavy atom. The van der Waals surface area contributed by atoms with Gasteiger partial charge in [-0.2, -0.15) is 26.3 Å². The molecule has 0 unspecified atom stereocenters. The van der Waals surface area contributed by atoms with Crippen LogP contribution in [0.3, 0.4) is 0 Å². The summed E-state index contributed by atoms with van der Waals surface area (Å²) in [6, 6.07) is 0. The summed E-state index contributed by atoms with van der Waals surface area (Å²) in [5, 5.41) is 0. The van der Waals surface area contributed by atoms with Crippen LogP contribution < -0.4 is 9.44 Å². The molecule has 0 rings (SSSR count). The second kappa shape index (κ2) is 7.14. The summed E-state index contributed by atoms with van der Waals surface area (Å²) >= 11 is 0. The van der Waals surface area contributed by atoms with Gasteiger partial charge in [0.15, 0.2) is 0 Å². The first-order valence-corrected chi connectivity index (χ1v) is 7.42. The normalized spacial score (nSPS) is 12.9. The molecule has 0 heterocycles. The lowest BCUT2D eigenvalue weighted by Crippen LogP contribution is -2.29. The molecule has 0 aliphatic rings. The molecule has 10 heteroatoms. The Labute approximate surface area is 95.8 Å². The minimum Gasteiger partial charge on any atom is -0.256 e. The summed E-state index contributed by atoms with van der Waals surface area (Å²) in [7, 11) is -7.61. The van der Waals surface area contributed by atoms with Gasteiger partial charge in [-0.05, 0) is 0 Å². The Morgan fingerprint density at radius 3 is 1.38 bits per heavy atom. The molecule has 16 heavy (non-hydrogen) atoms.